The van der Waals surface area contributed by atoms with Crippen molar-refractivity contribution >= 4 is 6.08 Å². The first-order valence-electron chi connectivity index (χ1n) is 13.0. The Kier molecular flexibility index (Phi) is 9.27. The number of nitrogens with zero attached hydrogens (tertiary/aromatic N) is 2. The molecule has 0 aliphatic carbocycles. The summed E-state index contributed by atoms with van der Waals surface area (Å²) in [6.07, 6.45) is 1.89. The van der Waals surface area contributed by atoms with Gasteiger partial charge in [-0.05, 0) is 52.0 Å². The summed E-state index contributed by atoms with van der Waals surface area (Å²) >= 11 is 0. The maximum atomic E-state index is 3.84. The molecule has 36 heavy (non-hydrogen) atoms. The summed E-state index contributed by atoms with van der Waals surface area (Å²) < 4.78 is 0. The van der Waals surface area contributed by atoms with Gasteiger partial charge in [-0.3, -0.25) is 9.80 Å². The molecule has 0 saturated carbocycles. The van der Waals surface area contributed by atoms with Crippen molar-refractivity contribution in [1.82, 2.24) is 9.80 Å². The Hall–Kier alpha value is -3.46. The van der Waals surface area contributed by atoms with E-state index in [0.717, 1.165) is 39.3 Å². The molecule has 0 saturated heterocycles. The topological polar surface area (TPSA) is 6.48 Å². The van der Waals surface area contributed by atoms with Gasteiger partial charge in [0.2, 0.25) is 0 Å². The van der Waals surface area contributed by atoms with Gasteiger partial charge in [-0.1, -0.05) is 130 Å². The third-order valence-electron chi connectivity index (χ3n) is 6.82. The van der Waals surface area contributed by atoms with Crippen LogP contribution in [0.2, 0.25) is 0 Å². The molecule has 2 nitrogen and oxygen atoms in total. The normalized spacial score (nSPS) is 11.2. The Morgan fingerprint density at radius 1 is 0.500 bits per heavy atom. The lowest BCUT2D eigenvalue weighted by Crippen LogP contribution is -2.22. The van der Waals surface area contributed by atoms with Gasteiger partial charge in [0.1, 0.15) is 0 Å². The van der Waals surface area contributed by atoms with Crippen molar-refractivity contribution in [3.05, 3.63) is 138 Å². The van der Waals surface area contributed by atoms with Crippen molar-refractivity contribution in [3.63, 3.8) is 0 Å². The Labute approximate surface area is 217 Å². The average molecular weight is 475 g/mol. The summed E-state index contributed by atoms with van der Waals surface area (Å²) in [6.45, 7) is 14.2. The fourth-order valence-corrected chi connectivity index (χ4v) is 4.54. The summed E-state index contributed by atoms with van der Waals surface area (Å²) in [5.41, 5.74) is 9.11. The summed E-state index contributed by atoms with van der Waals surface area (Å²) in [5, 5.41) is 0. The Balaban J connectivity index is 1.34. The lowest BCUT2D eigenvalue weighted by Gasteiger charge is -2.21. The predicted molar refractivity (Wildman–Crippen MR) is 154 cm³/mol. The van der Waals surface area contributed by atoms with Crippen LogP contribution >= 0.6 is 0 Å². The number of hydrogen-bond donors (Lipinski definition) is 0. The van der Waals surface area contributed by atoms with E-state index in [4.69, 9.17) is 0 Å². The van der Waals surface area contributed by atoms with Crippen molar-refractivity contribution in [2.24, 2.45) is 0 Å². The van der Waals surface area contributed by atoms with Crippen LogP contribution in [0.4, 0.5) is 0 Å². The lowest BCUT2D eigenvalue weighted by atomic mass is 10.0. The molecule has 4 aromatic carbocycles. The van der Waals surface area contributed by atoms with Crippen molar-refractivity contribution in [1.29, 1.82) is 0 Å². The Morgan fingerprint density at radius 3 is 1.22 bits per heavy atom. The molecule has 0 N–H and O–H groups in total. The molecule has 0 aromatic heterocycles. The molecule has 0 heterocycles. The zero-order valence-electron chi connectivity index (χ0n) is 21.7. The minimum Gasteiger partial charge on any atom is -0.295 e. The van der Waals surface area contributed by atoms with Gasteiger partial charge < -0.3 is 0 Å². The third kappa shape index (κ3) is 7.27. The smallest absolute Gasteiger partial charge is 0.0237 e. The Bertz CT molecular complexity index is 1190. The highest BCUT2D eigenvalue weighted by Gasteiger charge is 2.08. The molecule has 0 unspecified atom stereocenters. The fraction of sp³-hybridized carbons (Fsp3) is 0.235. The minimum absolute atomic E-state index is 0.952. The van der Waals surface area contributed by atoms with Crippen LogP contribution in [-0.2, 0) is 26.2 Å². The van der Waals surface area contributed by atoms with Crippen molar-refractivity contribution in [3.8, 4) is 11.1 Å². The number of benzene rings is 4. The lowest BCUT2D eigenvalue weighted by molar-refractivity contribution is 0.271. The quantitative estimate of drug-likeness (QED) is 0.205. The number of rotatable bonds is 12. The highest BCUT2D eigenvalue weighted by molar-refractivity contribution is 5.64. The summed E-state index contributed by atoms with van der Waals surface area (Å²) in [6, 6.07) is 37.5. The highest BCUT2D eigenvalue weighted by atomic mass is 15.1. The first-order chi connectivity index (χ1) is 17.7. The van der Waals surface area contributed by atoms with Gasteiger partial charge in [0.15, 0.2) is 0 Å². The van der Waals surface area contributed by atoms with Gasteiger partial charge in [0.05, 0.1) is 0 Å². The van der Waals surface area contributed by atoms with Crippen LogP contribution in [0.15, 0.2) is 110 Å². The van der Waals surface area contributed by atoms with Gasteiger partial charge in [0, 0.05) is 26.2 Å². The molecule has 4 rings (SSSR count). The van der Waals surface area contributed by atoms with Crippen LogP contribution in [0, 0.1) is 0 Å². The maximum Gasteiger partial charge on any atom is 0.0237 e. The van der Waals surface area contributed by atoms with E-state index in [9.17, 15) is 0 Å². The zero-order chi connectivity index (χ0) is 25.2. The summed E-state index contributed by atoms with van der Waals surface area (Å²) in [5.74, 6) is 0. The summed E-state index contributed by atoms with van der Waals surface area (Å²) in [4.78, 5) is 4.95. The second-order valence-electron chi connectivity index (χ2n) is 9.43. The summed E-state index contributed by atoms with van der Waals surface area (Å²) in [7, 11) is 0. The van der Waals surface area contributed by atoms with Crippen LogP contribution in [0.5, 0.6) is 0 Å². The fourth-order valence-electron chi connectivity index (χ4n) is 4.54. The molecule has 184 valence electrons. The Morgan fingerprint density at radius 2 is 0.861 bits per heavy atom. The van der Waals surface area contributed by atoms with Crippen LogP contribution in [-0.4, -0.2) is 22.9 Å². The van der Waals surface area contributed by atoms with E-state index in [1.807, 2.05) is 6.08 Å². The zero-order valence-corrected chi connectivity index (χ0v) is 21.7. The van der Waals surface area contributed by atoms with E-state index in [1.54, 1.807) is 0 Å². The molecule has 0 radical (unpaired) electrons. The first kappa shape index (κ1) is 25.6. The molecular weight excluding hydrogens is 436 g/mol. The monoisotopic (exact) mass is 474 g/mol. The van der Waals surface area contributed by atoms with E-state index in [0.29, 0.717) is 0 Å². The van der Waals surface area contributed by atoms with Gasteiger partial charge in [-0.25, -0.2) is 0 Å². The molecule has 0 aliphatic rings. The van der Waals surface area contributed by atoms with Crippen molar-refractivity contribution < 1.29 is 0 Å². The molecule has 0 aliphatic heterocycles. The van der Waals surface area contributed by atoms with E-state index in [-0.39, 0.29) is 0 Å². The highest BCUT2D eigenvalue weighted by Crippen LogP contribution is 2.22. The van der Waals surface area contributed by atoms with Gasteiger partial charge in [0.25, 0.3) is 0 Å². The molecule has 0 bridgehead atoms. The molecule has 0 amide bonds. The van der Waals surface area contributed by atoms with Crippen LogP contribution in [0.1, 0.15) is 41.7 Å². The average Bonchev–Trinajstić information content (AvgIpc) is 2.94. The van der Waals surface area contributed by atoms with Gasteiger partial charge in [-0.15, -0.1) is 0 Å². The SMILES string of the molecule is C=Cc1ccc(CN(CC)Cc2ccc(-c3ccc(CN(CC)Cc4ccccc4)cc3)cc2)cc1. The van der Waals surface area contributed by atoms with Crippen LogP contribution < -0.4 is 0 Å². The van der Waals surface area contributed by atoms with E-state index >= 15 is 0 Å². The van der Waals surface area contributed by atoms with E-state index in [2.05, 4.69) is 133 Å². The molecule has 0 atom stereocenters. The standard InChI is InChI=1S/C34H38N2/c1-4-28-12-14-30(15-13-28)25-36(6-3)27-32-18-22-34(23-19-32)33-20-16-31(17-21-33)26-35(5-2)24-29-10-8-7-9-11-29/h4,7-23H,1,5-6,24-27H2,2-3H3. The molecule has 4 aromatic rings. The number of hydrogen-bond acceptors (Lipinski definition) is 2. The maximum absolute atomic E-state index is 3.84. The van der Waals surface area contributed by atoms with E-state index < -0.39 is 0 Å². The molecular formula is C34H38N2. The van der Waals surface area contributed by atoms with Crippen molar-refractivity contribution in [2.45, 2.75) is 40.0 Å². The van der Waals surface area contributed by atoms with Gasteiger partial charge >= 0.3 is 0 Å². The van der Waals surface area contributed by atoms with Crippen LogP contribution in [0.3, 0.4) is 0 Å². The minimum atomic E-state index is 0.952. The van der Waals surface area contributed by atoms with Gasteiger partial charge in [-0.2, -0.15) is 0 Å². The molecule has 0 spiro atoms. The van der Waals surface area contributed by atoms with Crippen LogP contribution in [0.25, 0.3) is 17.2 Å². The predicted octanol–water partition coefficient (Wildman–Crippen LogP) is 8.04. The third-order valence-corrected chi connectivity index (χ3v) is 6.82. The second kappa shape index (κ2) is 13.0. The van der Waals surface area contributed by atoms with Crippen molar-refractivity contribution in [2.75, 3.05) is 13.1 Å². The first-order valence-corrected chi connectivity index (χ1v) is 13.0. The largest absolute Gasteiger partial charge is 0.295 e. The second-order valence-corrected chi connectivity index (χ2v) is 9.43. The molecule has 2 heteroatoms. The van der Waals surface area contributed by atoms with E-state index in [1.165, 1.54) is 38.9 Å². The molecule has 0 fully saturated rings.